The molecule has 1 aliphatic rings. The minimum Gasteiger partial charge on any atom is -0.481 e. The Kier molecular flexibility index (Phi) is 3.14. The third-order valence-corrected chi connectivity index (χ3v) is 3.68. The second-order valence-corrected chi connectivity index (χ2v) is 5.05. The van der Waals surface area contributed by atoms with E-state index in [0.717, 1.165) is 11.8 Å². The highest BCUT2D eigenvalue weighted by molar-refractivity contribution is 5.97. The number of carbonyl (C=O) groups is 2. The van der Waals surface area contributed by atoms with E-state index < -0.39 is 11.9 Å². The van der Waals surface area contributed by atoms with Crippen LogP contribution < -0.4 is 0 Å². The molecule has 6 heteroatoms. The minimum atomic E-state index is -0.833. The third-order valence-electron chi connectivity index (χ3n) is 3.68. The summed E-state index contributed by atoms with van der Waals surface area (Å²) in [4.78, 5) is 32.2. The van der Waals surface area contributed by atoms with E-state index in [1.807, 2.05) is 12.1 Å². The minimum absolute atomic E-state index is 0.158. The normalized spacial score (nSPS) is 19.2. The fourth-order valence-electron chi connectivity index (χ4n) is 2.61. The van der Waals surface area contributed by atoms with Gasteiger partial charge in [-0.1, -0.05) is 0 Å². The van der Waals surface area contributed by atoms with Crippen LogP contribution in [0.3, 0.4) is 0 Å². The molecule has 6 nitrogen and oxygen atoms in total. The van der Waals surface area contributed by atoms with Crippen LogP contribution >= 0.6 is 0 Å². The van der Waals surface area contributed by atoms with Crippen LogP contribution in [0.5, 0.6) is 0 Å². The van der Waals surface area contributed by atoms with Gasteiger partial charge in [0.25, 0.3) is 5.91 Å². The maximum Gasteiger partial charge on any atom is 0.308 e. The molecule has 1 atom stereocenters. The highest BCUT2D eigenvalue weighted by atomic mass is 16.4. The third kappa shape index (κ3) is 2.24. The lowest BCUT2D eigenvalue weighted by molar-refractivity contribution is -0.143. The first-order valence-corrected chi connectivity index (χ1v) is 6.61. The number of pyridine rings is 1. The SMILES string of the molecule is O=C(O)[C@@H]1CCCN(C(=O)c2cc3cccnc3[nH]2)C1. The first-order chi connectivity index (χ1) is 9.65. The average molecular weight is 273 g/mol. The number of likely N-dealkylation sites (tertiary alicyclic amines) is 1. The van der Waals surface area contributed by atoms with Gasteiger partial charge in [-0.25, -0.2) is 4.98 Å². The topological polar surface area (TPSA) is 86.3 Å². The van der Waals surface area contributed by atoms with Crippen LogP contribution in [0.4, 0.5) is 0 Å². The number of nitrogens with zero attached hydrogens (tertiary/aromatic N) is 2. The second-order valence-electron chi connectivity index (χ2n) is 5.05. The van der Waals surface area contributed by atoms with Crippen LogP contribution in [-0.2, 0) is 4.79 Å². The van der Waals surface area contributed by atoms with Gasteiger partial charge in [-0.2, -0.15) is 0 Å². The smallest absolute Gasteiger partial charge is 0.308 e. The van der Waals surface area contributed by atoms with Crippen LogP contribution in [0.2, 0.25) is 0 Å². The van der Waals surface area contributed by atoms with Gasteiger partial charge in [-0.05, 0) is 31.0 Å². The number of carboxylic acids is 1. The quantitative estimate of drug-likeness (QED) is 0.868. The molecule has 1 aliphatic heterocycles. The van der Waals surface area contributed by atoms with Gasteiger partial charge in [0.1, 0.15) is 11.3 Å². The average Bonchev–Trinajstić information content (AvgIpc) is 2.90. The number of amides is 1. The van der Waals surface area contributed by atoms with Crippen molar-refractivity contribution in [2.24, 2.45) is 5.92 Å². The van der Waals surface area contributed by atoms with E-state index in [1.54, 1.807) is 17.2 Å². The number of hydrogen-bond acceptors (Lipinski definition) is 3. The van der Waals surface area contributed by atoms with Crippen molar-refractivity contribution in [2.75, 3.05) is 13.1 Å². The van der Waals surface area contributed by atoms with E-state index in [-0.39, 0.29) is 12.5 Å². The maximum atomic E-state index is 12.4. The molecule has 0 unspecified atom stereocenters. The van der Waals surface area contributed by atoms with Gasteiger partial charge >= 0.3 is 5.97 Å². The lowest BCUT2D eigenvalue weighted by Gasteiger charge is -2.30. The van der Waals surface area contributed by atoms with Crippen molar-refractivity contribution in [3.05, 3.63) is 30.1 Å². The summed E-state index contributed by atoms with van der Waals surface area (Å²) >= 11 is 0. The first-order valence-electron chi connectivity index (χ1n) is 6.61. The molecule has 0 aromatic carbocycles. The Balaban J connectivity index is 1.82. The summed E-state index contributed by atoms with van der Waals surface area (Å²) in [6.07, 6.45) is 3.02. The number of rotatable bonds is 2. The number of carboxylic acid groups (broad SMARTS) is 1. The van der Waals surface area contributed by atoms with Gasteiger partial charge in [-0.3, -0.25) is 9.59 Å². The van der Waals surface area contributed by atoms with Crippen LogP contribution in [0, 0.1) is 5.92 Å². The summed E-state index contributed by atoms with van der Waals surface area (Å²) < 4.78 is 0. The van der Waals surface area contributed by atoms with Crippen molar-refractivity contribution in [1.29, 1.82) is 0 Å². The number of fused-ring (bicyclic) bond motifs is 1. The van der Waals surface area contributed by atoms with Crippen LogP contribution in [0.1, 0.15) is 23.3 Å². The lowest BCUT2D eigenvalue weighted by Crippen LogP contribution is -2.42. The molecule has 20 heavy (non-hydrogen) atoms. The molecule has 0 saturated carbocycles. The van der Waals surface area contributed by atoms with Gasteiger partial charge in [-0.15, -0.1) is 0 Å². The van der Waals surface area contributed by atoms with Gasteiger partial charge in [0.2, 0.25) is 0 Å². The monoisotopic (exact) mass is 273 g/mol. The lowest BCUT2D eigenvalue weighted by atomic mass is 9.98. The van der Waals surface area contributed by atoms with Gasteiger partial charge < -0.3 is 15.0 Å². The Labute approximate surface area is 115 Å². The van der Waals surface area contributed by atoms with Gasteiger partial charge in [0, 0.05) is 24.7 Å². The van der Waals surface area contributed by atoms with Crippen molar-refractivity contribution >= 4 is 22.9 Å². The first kappa shape index (κ1) is 12.7. The molecule has 0 bridgehead atoms. The van der Waals surface area contributed by atoms with E-state index in [9.17, 15) is 9.59 Å². The molecule has 1 amide bonds. The second kappa shape index (κ2) is 4.96. The molecule has 0 radical (unpaired) electrons. The van der Waals surface area contributed by atoms with Crippen molar-refractivity contribution in [2.45, 2.75) is 12.8 Å². The Hall–Kier alpha value is -2.37. The molecule has 104 valence electrons. The molecule has 1 saturated heterocycles. The predicted molar refractivity (Wildman–Crippen MR) is 72.4 cm³/mol. The summed E-state index contributed by atoms with van der Waals surface area (Å²) in [5, 5.41) is 9.94. The number of aromatic nitrogens is 2. The Bertz CT molecular complexity index is 631. The number of hydrogen-bond donors (Lipinski definition) is 2. The van der Waals surface area contributed by atoms with Crippen LogP contribution in [0.25, 0.3) is 11.0 Å². The molecule has 2 aromatic rings. The number of nitrogens with one attached hydrogen (secondary N) is 1. The molecule has 2 aromatic heterocycles. The zero-order valence-electron chi connectivity index (χ0n) is 10.9. The van der Waals surface area contributed by atoms with E-state index in [1.165, 1.54) is 0 Å². The van der Waals surface area contributed by atoms with Crippen LogP contribution in [0.15, 0.2) is 24.4 Å². The van der Waals surface area contributed by atoms with Crippen molar-refractivity contribution in [3.8, 4) is 0 Å². The molecular weight excluding hydrogens is 258 g/mol. The summed E-state index contributed by atoms with van der Waals surface area (Å²) in [7, 11) is 0. The van der Waals surface area contributed by atoms with Crippen molar-refractivity contribution in [1.82, 2.24) is 14.9 Å². The molecule has 1 fully saturated rings. The molecule has 3 rings (SSSR count). The fourth-order valence-corrected chi connectivity index (χ4v) is 2.61. The number of carbonyl (C=O) groups excluding carboxylic acids is 1. The summed E-state index contributed by atoms with van der Waals surface area (Å²) in [6, 6.07) is 5.45. The summed E-state index contributed by atoms with van der Waals surface area (Å²) in [6.45, 7) is 0.877. The predicted octanol–water partition coefficient (Wildman–Crippen LogP) is 1.50. The molecule has 0 spiro atoms. The number of H-pyrrole nitrogens is 1. The number of aliphatic carboxylic acids is 1. The van der Waals surface area contributed by atoms with E-state index in [0.29, 0.717) is 24.3 Å². The standard InChI is InChI=1S/C14H15N3O3/c18-13(17-6-2-4-10(8-17)14(19)20)11-7-9-3-1-5-15-12(9)16-11/h1,3,5,7,10H,2,4,6,8H2,(H,15,16)(H,19,20)/t10-/m1/s1. The van der Waals surface area contributed by atoms with Crippen LogP contribution in [-0.4, -0.2) is 44.9 Å². The zero-order valence-corrected chi connectivity index (χ0v) is 10.9. The van der Waals surface area contributed by atoms with Gasteiger partial charge in [0.15, 0.2) is 0 Å². The molecule has 3 heterocycles. The largest absolute Gasteiger partial charge is 0.481 e. The number of piperidine rings is 1. The zero-order chi connectivity index (χ0) is 14.1. The molecular formula is C14H15N3O3. The highest BCUT2D eigenvalue weighted by Gasteiger charge is 2.29. The van der Waals surface area contributed by atoms with E-state index in [4.69, 9.17) is 5.11 Å². The highest BCUT2D eigenvalue weighted by Crippen LogP contribution is 2.20. The van der Waals surface area contributed by atoms with E-state index >= 15 is 0 Å². The molecule has 2 N–H and O–H groups in total. The number of aromatic amines is 1. The van der Waals surface area contributed by atoms with Crippen molar-refractivity contribution in [3.63, 3.8) is 0 Å². The summed E-state index contributed by atoms with van der Waals surface area (Å²) in [5.41, 5.74) is 1.13. The molecule has 0 aliphatic carbocycles. The van der Waals surface area contributed by atoms with Gasteiger partial charge in [0.05, 0.1) is 5.92 Å². The van der Waals surface area contributed by atoms with Crippen molar-refractivity contribution < 1.29 is 14.7 Å². The fraction of sp³-hybridized carbons (Fsp3) is 0.357. The Morgan fingerprint density at radius 2 is 2.30 bits per heavy atom. The Morgan fingerprint density at radius 3 is 3.05 bits per heavy atom. The Morgan fingerprint density at radius 1 is 1.45 bits per heavy atom. The van der Waals surface area contributed by atoms with E-state index in [2.05, 4.69) is 9.97 Å². The maximum absolute atomic E-state index is 12.4. The summed E-state index contributed by atoms with van der Waals surface area (Å²) in [5.74, 6) is -1.45.